The molecule has 142 valence electrons. The van der Waals surface area contributed by atoms with Crippen molar-refractivity contribution in [2.75, 3.05) is 13.2 Å². The van der Waals surface area contributed by atoms with Crippen LogP contribution in [0.4, 0.5) is 4.39 Å². The van der Waals surface area contributed by atoms with E-state index in [2.05, 4.69) is 15.9 Å². The Bertz CT molecular complexity index is 989. The molecule has 5 nitrogen and oxygen atoms in total. The molecule has 1 atom stereocenters. The Kier molecular flexibility index (Phi) is 5.78. The summed E-state index contributed by atoms with van der Waals surface area (Å²) in [6.07, 6.45) is 1.54. The van der Waals surface area contributed by atoms with E-state index in [1.807, 2.05) is 0 Å². The number of hydrogen-bond donors (Lipinski definition) is 0. The molecule has 0 spiro atoms. The van der Waals surface area contributed by atoms with Crippen molar-refractivity contribution in [2.24, 2.45) is 0 Å². The molecule has 1 aliphatic rings. The van der Waals surface area contributed by atoms with Crippen LogP contribution in [0.15, 0.2) is 69.5 Å². The molecule has 0 radical (unpaired) electrons. The maximum atomic E-state index is 13.4. The van der Waals surface area contributed by atoms with Crippen molar-refractivity contribution in [1.82, 2.24) is 4.31 Å². The normalized spacial score (nSPS) is 17.6. The van der Waals surface area contributed by atoms with E-state index in [1.54, 1.807) is 31.2 Å². The first-order chi connectivity index (χ1) is 12.9. The van der Waals surface area contributed by atoms with E-state index in [-0.39, 0.29) is 23.6 Å². The third-order valence-electron chi connectivity index (χ3n) is 4.19. The van der Waals surface area contributed by atoms with E-state index in [9.17, 15) is 17.6 Å². The zero-order valence-electron chi connectivity index (χ0n) is 14.4. The number of benzene rings is 2. The summed E-state index contributed by atoms with van der Waals surface area (Å²) in [5, 5.41) is 0. The Labute approximate surface area is 165 Å². The van der Waals surface area contributed by atoms with Gasteiger partial charge in [-0.15, -0.1) is 0 Å². The first kappa shape index (κ1) is 19.7. The number of sulfonamides is 1. The highest BCUT2D eigenvalue weighted by molar-refractivity contribution is 9.10. The summed E-state index contributed by atoms with van der Waals surface area (Å²) < 4.78 is 46.6. The SMILES string of the molecule is CCOC(=O)C1=CCN(S(=O)(=O)c2ccccc2Br)C1c1ccc(F)cc1. The molecule has 27 heavy (non-hydrogen) atoms. The minimum atomic E-state index is -3.93. The maximum Gasteiger partial charge on any atom is 0.335 e. The molecule has 0 saturated heterocycles. The van der Waals surface area contributed by atoms with Crippen LogP contribution < -0.4 is 0 Å². The largest absolute Gasteiger partial charge is 0.463 e. The molecule has 2 aromatic rings. The van der Waals surface area contributed by atoms with Gasteiger partial charge in [-0.05, 0) is 52.7 Å². The second-order valence-corrected chi connectivity index (χ2v) is 8.55. The molecule has 0 aliphatic carbocycles. The van der Waals surface area contributed by atoms with Crippen LogP contribution in [-0.4, -0.2) is 31.8 Å². The minimum absolute atomic E-state index is 0.0137. The van der Waals surface area contributed by atoms with E-state index in [0.717, 1.165) is 0 Å². The lowest BCUT2D eigenvalue weighted by molar-refractivity contribution is -0.138. The summed E-state index contributed by atoms with van der Waals surface area (Å²) in [5.74, 6) is -1.03. The number of halogens is 2. The predicted octanol–water partition coefficient (Wildman–Crippen LogP) is 3.82. The Balaban J connectivity index is 2.08. The smallest absolute Gasteiger partial charge is 0.335 e. The van der Waals surface area contributed by atoms with Crippen molar-refractivity contribution in [3.8, 4) is 0 Å². The minimum Gasteiger partial charge on any atom is -0.463 e. The van der Waals surface area contributed by atoms with E-state index >= 15 is 0 Å². The van der Waals surface area contributed by atoms with Crippen molar-refractivity contribution in [3.63, 3.8) is 0 Å². The molecule has 2 aromatic carbocycles. The quantitative estimate of drug-likeness (QED) is 0.645. The molecule has 1 heterocycles. The van der Waals surface area contributed by atoms with Gasteiger partial charge in [0.15, 0.2) is 0 Å². The van der Waals surface area contributed by atoms with Crippen molar-refractivity contribution >= 4 is 31.9 Å². The summed E-state index contributed by atoms with van der Waals surface area (Å²) in [6.45, 7) is 1.86. The molecule has 1 unspecified atom stereocenters. The molecule has 0 aromatic heterocycles. The lowest BCUT2D eigenvalue weighted by Crippen LogP contribution is -2.33. The molecule has 8 heteroatoms. The van der Waals surface area contributed by atoms with Gasteiger partial charge in [-0.3, -0.25) is 0 Å². The fraction of sp³-hybridized carbons (Fsp3) is 0.211. The molecular formula is C19H17BrFNO4S. The van der Waals surface area contributed by atoms with E-state index in [1.165, 1.54) is 34.6 Å². The first-order valence-corrected chi connectivity index (χ1v) is 10.5. The van der Waals surface area contributed by atoms with Gasteiger partial charge in [-0.25, -0.2) is 17.6 Å². The standard InChI is InChI=1S/C19H17BrFNO4S/c1-2-26-19(23)15-11-12-22(18(15)13-7-9-14(21)10-8-13)27(24,25)17-6-4-3-5-16(17)20/h3-11,18H,2,12H2,1H3. The van der Waals surface area contributed by atoms with Gasteiger partial charge in [0, 0.05) is 11.0 Å². The predicted molar refractivity (Wildman–Crippen MR) is 102 cm³/mol. The molecule has 1 aliphatic heterocycles. The molecular weight excluding hydrogens is 437 g/mol. The van der Waals surface area contributed by atoms with Gasteiger partial charge in [0.05, 0.1) is 23.1 Å². The van der Waals surface area contributed by atoms with Crippen LogP contribution in [0.5, 0.6) is 0 Å². The van der Waals surface area contributed by atoms with E-state index < -0.39 is 27.9 Å². The number of rotatable bonds is 5. The summed E-state index contributed by atoms with van der Waals surface area (Å²) >= 11 is 3.27. The number of ether oxygens (including phenoxy) is 1. The highest BCUT2D eigenvalue weighted by atomic mass is 79.9. The third kappa shape index (κ3) is 3.83. The molecule has 0 fully saturated rings. The van der Waals surface area contributed by atoms with Crippen LogP contribution in [0.1, 0.15) is 18.5 Å². The summed E-state index contributed by atoms with van der Waals surface area (Å²) in [7, 11) is -3.93. The summed E-state index contributed by atoms with van der Waals surface area (Å²) in [4.78, 5) is 12.5. The van der Waals surface area contributed by atoms with E-state index in [0.29, 0.717) is 10.0 Å². The van der Waals surface area contributed by atoms with E-state index in [4.69, 9.17) is 4.74 Å². The van der Waals surface area contributed by atoms with Crippen LogP contribution in [0.25, 0.3) is 0 Å². The number of carbonyl (C=O) groups excluding carboxylic acids is 1. The Morgan fingerprint density at radius 1 is 1.22 bits per heavy atom. The number of carbonyl (C=O) groups is 1. The van der Waals surface area contributed by atoms with Crippen LogP contribution in [0.3, 0.4) is 0 Å². The van der Waals surface area contributed by atoms with Crippen LogP contribution in [-0.2, 0) is 19.6 Å². The van der Waals surface area contributed by atoms with Gasteiger partial charge in [0.2, 0.25) is 10.0 Å². The lowest BCUT2D eigenvalue weighted by atomic mass is 10.0. The van der Waals surface area contributed by atoms with Gasteiger partial charge in [-0.2, -0.15) is 4.31 Å². The number of nitrogens with zero attached hydrogens (tertiary/aromatic N) is 1. The number of esters is 1. The average molecular weight is 454 g/mol. The zero-order valence-corrected chi connectivity index (χ0v) is 16.8. The zero-order chi connectivity index (χ0) is 19.6. The second kappa shape index (κ2) is 7.92. The maximum absolute atomic E-state index is 13.4. The topological polar surface area (TPSA) is 63.7 Å². The Morgan fingerprint density at radius 2 is 1.89 bits per heavy atom. The van der Waals surface area contributed by atoms with Crippen LogP contribution >= 0.6 is 15.9 Å². The van der Waals surface area contributed by atoms with Gasteiger partial charge in [-0.1, -0.05) is 30.3 Å². The molecule has 0 N–H and O–H groups in total. The lowest BCUT2D eigenvalue weighted by Gasteiger charge is -2.27. The monoisotopic (exact) mass is 453 g/mol. The highest BCUT2D eigenvalue weighted by Gasteiger charge is 2.41. The molecule has 0 saturated carbocycles. The van der Waals surface area contributed by atoms with Crippen molar-refractivity contribution in [3.05, 3.63) is 76.0 Å². The van der Waals surface area contributed by atoms with Gasteiger partial charge < -0.3 is 4.74 Å². The third-order valence-corrected chi connectivity index (χ3v) is 7.04. The molecule has 3 rings (SSSR count). The van der Waals surface area contributed by atoms with Crippen molar-refractivity contribution in [1.29, 1.82) is 0 Å². The number of hydrogen-bond acceptors (Lipinski definition) is 4. The second-order valence-electron chi connectivity index (χ2n) is 5.84. The Hall–Kier alpha value is -2.03. The van der Waals surface area contributed by atoms with Crippen molar-refractivity contribution in [2.45, 2.75) is 17.9 Å². The average Bonchev–Trinajstić information content (AvgIpc) is 3.09. The molecule has 0 bridgehead atoms. The van der Waals surface area contributed by atoms with Crippen molar-refractivity contribution < 1.29 is 22.3 Å². The van der Waals surface area contributed by atoms with Gasteiger partial charge in [0.1, 0.15) is 5.82 Å². The molecule has 0 amide bonds. The first-order valence-electron chi connectivity index (χ1n) is 8.25. The fourth-order valence-electron chi connectivity index (χ4n) is 2.98. The highest BCUT2D eigenvalue weighted by Crippen LogP contribution is 2.39. The summed E-state index contributed by atoms with van der Waals surface area (Å²) in [6, 6.07) is 11.0. The summed E-state index contributed by atoms with van der Waals surface area (Å²) in [5.41, 5.74) is 0.711. The van der Waals surface area contributed by atoms with Crippen LogP contribution in [0.2, 0.25) is 0 Å². The fourth-order valence-corrected chi connectivity index (χ4v) is 5.48. The van der Waals surface area contributed by atoms with Gasteiger partial charge in [0.25, 0.3) is 0 Å². The van der Waals surface area contributed by atoms with Crippen LogP contribution in [0, 0.1) is 5.82 Å². The van der Waals surface area contributed by atoms with Gasteiger partial charge >= 0.3 is 5.97 Å². The Morgan fingerprint density at radius 3 is 2.52 bits per heavy atom.